The standard InChI is InChI=1S/C8H15N5O/c1-12-7-8(10-11-12)6-9-13-2-4-14-5-3-13/h7,9H,2-6H2,1H3. The zero-order chi connectivity index (χ0) is 9.80. The quantitative estimate of drug-likeness (QED) is 0.684. The molecule has 0 spiro atoms. The number of rotatable bonds is 3. The predicted molar refractivity (Wildman–Crippen MR) is 50.2 cm³/mol. The van der Waals surface area contributed by atoms with Crippen molar-refractivity contribution in [2.75, 3.05) is 26.3 Å². The summed E-state index contributed by atoms with van der Waals surface area (Å²) in [5.41, 5.74) is 4.25. The molecule has 0 radical (unpaired) electrons. The predicted octanol–water partition coefficient (Wildman–Crippen LogP) is -0.848. The van der Waals surface area contributed by atoms with E-state index in [4.69, 9.17) is 4.74 Å². The number of morpholine rings is 1. The molecule has 1 aromatic heterocycles. The van der Waals surface area contributed by atoms with Gasteiger partial charge in [0.1, 0.15) is 0 Å². The summed E-state index contributed by atoms with van der Waals surface area (Å²) in [6.07, 6.45) is 1.91. The van der Waals surface area contributed by atoms with Crippen LogP contribution >= 0.6 is 0 Å². The van der Waals surface area contributed by atoms with Gasteiger partial charge in [0, 0.05) is 26.3 Å². The molecule has 0 atom stereocenters. The van der Waals surface area contributed by atoms with Crippen LogP contribution in [0.1, 0.15) is 5.69 Å². The Bertz CT molecular complexity index is 281. The third kappa shape index (κ3) is 2.50. The Morgan fingerprint density at radius 3 is 2.93 bits per heavy atom. The number of aryl methyl sites for hydroxylation is 1. The second-order valence-electron chi connectivity index (χ2n) is 3.32. The fourth-order valence-electron chi connectivity index (χ4n) is 1.39. The van der Waals surface area contributed by atoms with Crippen LogP contribution in [-0.4, -0.2) is 46.3 Å². The average Bonchev–Trinajstić information content (AvgIpc) is 2.63. The molecule has 2 heterocycles. The Kier molecular flexibility index (Phi) is 3.07. The van der Waals surface area contributed by atoms with Gasteiger partial charge in [0.25, 0.3) is 0 Å². The first-order chi connectivity index (χ1) is 6.84. The fraction of sp³-hybridized carbons (Fsp3) is 0.750. The average molecular weight is 197 g/mol. The van der Waals surface area contributed by atoms with Crippen LogP contribution in [0.4, 0.5) is 0 Å². The Morgan fingerprint density at radius 1 is 1.50 bits per heavy atom. The zero-order valence-corrected chi connectivity index (χ0v) is 8.31. The minimum absolute atomic E-state index is 0.730. The second kappa shape index (κ2) is 4.50. The molecule has 1 aromatic rings. The molecule has 0 aliphatic carbocycles. The van der Waals surface area contributed by atoms with Crippen LogP contribution in [0.2, 0.25) is 0 Å². The highest BCUT2D eigenvalue weighted by Gasteiger charge is 2.09. The Hall–Kier alpha value is -0.980. The van der Waals surface area contributed by atoms with Gasteiger partial charge in [-0.2, -0.15) is 0 Å². The monoisotopic (exact) mass is 197 g/mol. The van der Waals surface area contributed by atoms with Crippen LogP contribution in [0.5, 0.6) is 0 Å². The Labute approximate surface area is 82.8 Å². The van der Waals surface area contributed by atoms with Crippen molar-refractivity contribution in [1.29, 1.82) is 0 Å². The first kappa shape index (κ1) is 9.57. The maximum Gasteiger partial charge on any atom is 0.0978 e. The molecule has 1 saturated heterocycles. The summed E-state index contributed by atoms with van der Waals surface area (Å²) in [7, 11) is 1.87. The van der Waals surface area contributed by atoms with E-state index in [0.29, 0.717) is 0 Å². The molecule has 78 valence electrons. The van der Waals surface area contributed by atoms with Gasteiger partial charge in [-0.3, -0.25) is 4.68 Å². The molecular weight excluding hydrogens is 182 g/mol. The third-order valence-corrected chi connectivity index (χ3v) is 2.14. The van der Waals surface area contributed by atoms with Crippen molar-refractivity contribution >= 4 is 0 Å². The highest BCUT2D eigenvalue weighted by molar-refractivity contribution is 4.90. The van der Waals surface area contributed by atoms with Crippen LogP contribution in [0.3, 0.4) is 0 Å². The lowest BCUT2D eigenvalue weighted by Crippen LogP contribution is -2.45. The van der Waals surface area contributed by atoms with E-state index in [1.165, 1.54) is 0 Å². The molecule has 0 amide bonds. The van der Waals surface area contributed by atoms with Crippen LogP contribution in [0.15, 0.2) is 6.20 Å². The number of hydrazine groups is 1. The third-order valence-electron chi connectivity index (χ3n) is 2.14. The van der Waals surface area contributed by atoms with E-state index >= 15 is 0 Å². The van der Waals surface area contributed by atoms with E-state index in [-0.39, 0.29) is 0 Å². The Balaban J connectivity index is 1.76. The van der Waals surface area contributed by atoms with E-state index in [0.717, 1.165) is 38.5 Å². The van der Waals surface area contributed by atoms with Gasteiger partial charge in [-0.25, -0.2) is 10.4 Å². The number of hydrogen-bond acceptors (Lipinski definition) is 5. The first-order valence-corrected chi connectivity index (χ1v) is 4.76. The van der Waals surface area contributed by atoms with Crippen molar-refractivity contribution in [3.63, 3.8) is 0 Å². The maximum absolute atomic E-state index is 5.24. The van der Waals surface area contributed by atoms with Gasteiger partial charge in [-0.1, -0.05) is 5.21 Å². The molecule has 0 unspecified atom stereocenters. The van der Waals surface area contributed by atoms with Crippen molar-refractivity contribution in [3.05, 3.63) is 11.9 Å². The van der Waals surface area contributed by atoms with Gasteiger partial charge < -0.3 is 4.74 Å². The molecule has 0 bridgehead atoms. The lowest BCUT2D eigenvalue weighted by molar-refractivity contribution is 0.0103. The van der Waals surface area contributed by atoms with Crippen molar-refractivity contribution in [1.82, 2.24) is 25.4 Å². The Morgan fingerprint density at radius 2 is 2.29 bits per heavy atom. The smallest absolute Gasteiger partial charge is 0.0978 e. The van der Waals surface area contributed by atoms with E-state index in [1.807, 2.05) is 13.2 Å². The van der Waals surface area contributed by atoms with Crippen LogP contribution < -0.4 is 5.43 Å². The van der Waals surface area contributed by atoms with E-state index < -0.39 is 0 Å². The van der Waals surface area contributed by atoms with E-state index in [2.05, 4.69) is 20.7 Å². The van der Waals surface area contributed by atoms with Crippen LogP contribution in [0.25, 0.3) is 0 Å². The SMILES string of the molecule is Cn1cc(CNN2CCOCC2)nn1. The molecular formula is C8H15N5O. The molecule has 2 rings (SSSR count). The van der Waals surface area contributed by atoms with Crippen LogP contribution in [-0.2, 0) is 18.3 Å². The summed E-state index contributed by atoms with van der Waals surface area (Å²) >= 11 is 0. The number of ether oxygens (including phenoxy) is 1. The van der Waals surface area contributed by atoms with Gasteiger partial charge in [0.2, 0.25) is 0 Å². The highest BCUT2D eigenvalue weighted by Crippen LogP contribution is 1.95. The number of nitrogens with zero attached hydrogens (tertiary/aromatic N) is 4. The topological polar surface area (TPSA) is 55.2 Å². The van der Waals surface area contributed by atoms with E-state index in [9.17, 15) is 0 Å². The molecule has 0 aromatic carbocycles. The first-order valence-electron chi connectivity index (χ1n) is 4.76. The van der Waals surface area contributed by atoms with Gasteiger partial charge >= 0.3 is 0 Å². The largest absolute Gasteiger partial charge is 0.379 e. The number of hydrogen-bond donors (Lipinski definition) is 1. The summed E-state index contributed by atoms with van der Waals surface area (Å²) in [5, 5.41) is 10.0. The van der Waals surface area contributed by atoms with Gasteiger partial charge in [0.15, 0.2) is 0 Å². The lowest BCUT2D eigenvalue weighted by atomic mass is 10.4. The van der Waals surface area contributed by atoms with Crippen molar-refractivity contribution < 1.29 is 4.74 Å². The zero-order valence-electron chi connectivity index (χ0n) is 8.31. The molecule has 1 N–H and O–H groups in total. The molecule has 0 saturated carbocycles. The molecule has 1 aliphatic rings. The normalized spacial score (nSPS) is 18.6. The molecule has 6 heteroatoms. The summed E-state index contributed by atoms with van der Waals surface area (Å²) in [4.78, 5) is 0. The summed E-state index contributed by atoms with van der Waals surface area (Å²) < 4.78 is 6.95. The molecule has 6 nitrogen and oxygen atoms in total. The van der Waals surface area contributed by atoms with Crippen molar-refractivity contribution in [3.8, 4) is 0 Å². The minimum Gasteiger partial charge on any atom is -0.379 e. The van der Waals surface area contributed by atoms with E-state index in [1.54, 1.807) is 4.68 Å². The molecule has 1 fully saturated rings. The fourth-order valence-corrected chi connectivity index (χ4v) is 1.39. The maximum atomic E-state index is 5.24. The van der Waals surface area contributed by atoms with Gasteiger partial charge in [-0.15, -0.1) is 5.10 Å². The summed E-state index contributed by atoms with van der Waals surface area (Å²) in [6.45, 7) is 4.19. The lowest BCUT2D eigenvalue weighted by Gasteiger charge is -2.26. The molecule has 14 heavy (non-hydrogen) atoms. The minimum atomic E-state index is 0.730. The second-order valence-corrected chi connectivity index (χ2v) is 3.32. The summed E-state index contributed by atoms with van der Waals surface area (Å²) in [5.74, 6) is 0. The summed E-state index contributed by atoms with van der Waals surface area (Å²) in [6, 6.07) is 0. The van der Waals surface area contributed by atoms with Crippen LogP contribution in [0, 0.1) is 0 Å². The highest BCUT2D eigenvalue weighted by atomic mass is 16.5. The van der Waals surface area contributed by atoms with Gasteiger partial charge in [0.05, 0.1) is 25.5 Å². The van der Waals surface area contributed by atoms with Crippen molar-refractivity contribution in [2.24, 2.45) is 7.05 Å². The molecule has 1 aliphatic heterocycles. The van der Waals surface area contributed by atoms with Gasteiger partial charge in [-0.05, 0) is 0 Å². The number of aromatic nitrogens is 3. The number of nitrogens with one attached hydrogen (secondary N) is 1. The van der Waals surface area contributed by atoms with Crippen molar-refractivity contribution in [2.45, 2.75) is 6.54 Å².